The Labute approximate surface area is 150 Å². The first kappa shape index (κ1) is 16.5. The van der Waals surface area contributed by atoms with Gasteiger partial charge in [0, 0.05) is 26.1 Å². The monoisotopic (exact) mass is 357 g/mol. The normalized spacial score (nSPS) is 16.1. The number of hydrogen-bond donors (Lipinski definition) is 1. The number of morpholine rings is 1. The van der Waals surface area contributed by atoms with E-state index in [1.165, 1.54) is 6.33 Å². The van der Waals surface area contributed by atoms with Crippen molar-refractivity contribution in [2.45, 2.75) is 13.0 Å². The third-order valence-electron chi connectivity index (χ3n) is 4.51. The van der Waals surface area contributed by atoms with Crippen molar-refractivity contribution < 1.29 is 14.4 Å². The maximum absolute atomic E-state index is 11.7. The molecule has 0 spiro atoms. The van der Waals surface area contributed by atoms with Crippen molar-refractivity contribution in [2.24, 2.45) is 0 Å². The number of nitrogens with zero attached hydrogens (tertiary/aromatic N) is 4. The number of ether oxygens (including phenoxy) is 2. The number of benzene rings is 1. The highest BCUT2D eigenvalue weighted by atomic mass is 16.6. The van der Waals surface area contributed by atoms with E-state index in [0.717, 1.165) is 23.3 Å². The first-order valence-corrected chi connectivity index (χ1v) is 8.53. The molecule has 2 aliphatic rings. The lowest BCUT2D eigenvalue weighted by molar-refractivity contribution is -0.383. The zero-order chi connectivity index (χ0) is 17.9. The molecule has 3 heterocycles. The van der Waals surface area contributed by atoms with Gasteiger partial charge in [-0.25, -0.2) is 9.97 Å². The van der Waals surface area contributed by atoms with Crippen LogP contribution in [-0.2, 0) is 17.7 Å². The zero-order valence-corrected chi connectivity index (χ0v) is 14.2. The second-order valence-corrected chi connectivity index (χ2v) is 6.15. The first-order chi connectivity index (χ1) is 12.7. The predicted octanol–water partition coefficient (Wildman–Crippen LogP) is 1.77. The Morgan fingerprint density at radius 2 is 2.08 bits per heavy atom. The van der Waals surface area contributed by atoms with Crippen molar-refractivity contribution in [2.75, 3.05) is 43.1 Å². The molecule has 9 nitrogen and oxygen atoms in total. The van der Waals surface area contributed by atoms with Gasteiger partial charge in [0.15, 0.2) is 0 Å². The number of nitrogens with one attached hydrogen (secondary N) is 1. The predicted molar refractivity (Wildman–Crippen MR) is 94.7 cm³/mol. The zero-order valence-electron chi connectivity index (χ0n) is 14.2. The Hall–Kier alpha value is -2.94. The van der Waals surface area contributed by atoms with E-state index in [2.05, 4.69) is 21.4 Å². The molecular formula is C17H19N5O4. The SMILES string of the molecule is O=[N+]([O-])c1c(NCc2ccc3c(c2)CCO3)ncnc1N1CCOCC1. The van der Waals surface area contributed by atoms with E-state index in [9.17, 15) is 10.1 Å². The van der Waals surface area contributed by atoms with E-state index in [0.29, 0.717) is 45.3 Å². The molecule has 2 aromatic rings. The minimum atomic E-state index is -0.427. The van der Waals surface area contributed by atoms with Crippen molar-refractivity contribution in [1.82, 2.24) is 9.97 Å². The van der Waals surface area contributed by atoms with Crippen LogP contribution in [0.2, 0.25) is 0 Å². The highest BCUT2D eigenvalue weighted by molar-refractivity contribution is 5.70. The van der Waals surface area contributed by atoms with Crippen molar-refractivity contribution in [3.8, 4) is 5.75 Å². The second-order valence-electron chi connectivity index (χ2n) is 6.15. The fourth-order valence-corrected chi connectivity index (χ4v) is 3.21. The number of hydrogen-bond acceptors (Lipinski definition) is 8. The van der Waals surface area contributed by atoms with Crippen LogP contribution in [0.25, 0.3) is 0 Å². The van der Waals surface area contributed by atoms with Crippen molar-refractivity contribution in [3.05, 3.63) is 45.8 Å². The molecule has 1 saturated heterocycles. The smallest absolute Gasteiger partial charge is 0.353 e. The largest absolute Gasteiger partial charge is 0.493 e. The molecule has 9 heteroatoms. The summed E-state index contributed by atoms with van der Waals surface area (Å²) in [5, 5.41) is 14.8. The van der Waals surface area contributed by atoms with E-state index in [1.807, 2.05) is 17.0 Å². The standard InChI is InChI=1S/C17H19N5O4/c23-22(24)15-16(19-11-20-17(15)21-4-7-25-8-5-21)18-10-12-1-2-14-13(9-12)3-6-26-14/h1-2,9,11H,3-8,10H2,(H,18,19,20). The van der Waals surface area contributed by atoms with Crippen LogP contribution in [-0.4, -0.2) is 47.8 Å². The lowest BCUT2D eigenvalue weighted by Gasteiger charge is -2.27. The van der Waals surface area contributed by atoms with Crippen molar-refractivity contribution in [3.63, 3.8) is 0 Å². The minimum Gasteiger partial charge on any atom is -0.493 e. The van der Waals surface area contributed by atoms with E-state index in [-0.39, 0.29) is 11.5 Å². The number of aromatic nitrogens is 2. The Balaban J connectivity index is 1.56. The fourth-order valence-electron chi connectivity index (χ4n) is 3.21. The third kappa shape index (κ3) is 3.25. The van der Waals surface area contributed by atoms with E-state index >= 15 is 0 Å². The highest BCUT2D eigenvalue weighted by Gasteiger charge is 2.28. The number of nitro groups is 1. The van der Waals surface area contributed by atoms with Gasteiger partial charge < -0.3 is 19.7 Å². The summed E-state index contributed by atoms with van der Waals surface area (Å²) < 4.78 is 10.8. The summed E-state index contributed by atoms with van der Waals surface area (Å²) in [4.78, 5) is 21.3. The summed E-state index contributed by atoms with van der Waals surface area (Å²) in [6.45, 7) is 3.34. The van der Waals surface area contributed by atoms with Gasteiger partial charge in [0.1, 0.15) is 12.1 Å². The van der Waals surface area contributed by atoms with Crippen LogP contribution in [0.3, 0.4) is 0 Å². The molecule has 1 aromatic carbocycles. The molecule has 0 amide bonds. The molecule has 2 aliphatic heterocycles. The molecule has 0 radical (unpaired) electrons. The molecule has 0 unspecified atom stereocenters. The molecular weight excluding hydrogens is 338 g/mol. The Kier molecular flexibility index (Phi) is 4.53. The lowest BCUT2D eigenvalue weighted by atomic mass is 10.1. The van der Waals surface area contributed by atoms with Gasteiger partial charge in [-0.1, -0.05) is 12.1 Å². The maximum atomic E-state index is 11.7. The van der Waals surface area contributed by atoms with Gasteiger partial charge >= 0.3 is 5.69 Å². The summed E-state index contributed by atoms with van der Waals surface area (Å²) in [5.41, 5.74) is 2.09. The highest BCUT2D eigenvalue weighted by Crippen LogP contribution is 2.33. The van der Waals surface area contributed by atoms with Crippen molar-refractivity contribution >= 4 is 17.3 Å². The van der Waals surface area contributed by atoms with E-state index in [1.54, 1.807) is 0 Å². The van der Waals surface area contributed by atoms with Gasteiger partial charge in [0.25, 0.3) is 0 Å². The maximum Gasteiger partial charge on any atom is 0.353 e. The number of rotatable bonds is 5. The molecule has 136 valence electrons. The molecule has 1 fully saturated rings. The average molecular weight is 357 g/mol. The van der Waals surface area contributed by atoms with Gasteiger partial charge in [-0.15, -0.1) is 0 Å². The van der Waals surface area contributed by atoms with Crippen LogP contribution in [0.4, 0.5) is 17.3 Å². The van der Waals surface area contributed by atoms with Crippen molar-refractivity contribution in [1.29, 1.82) is 0 Å². The molecule has 0 aliphatic carbocycles. The second kappa shape index (κ2) is 7.12. The minimum absolute atomic E-state index is 0.0982. The van der Waals surface area contributed by atoms with Gasteiger partial charge in [0.2, 0.25) is 11.6 Å². The summed E-state index contributed by atoms with van der Waals surface area (Å²) in [6, 6.07) is 5.95. The van der Waals surface area contributed by atoms with Gasteiger partial charge in [0.05, 0.1) is 24.7 Å². The molecule has 4 rings (SSSR count). The molecule has 26 heavy (non-hydrogen) atoms. The van der Waals surface area contributed by atoms with Crippen LogP contribution in [0.1, 0.15) is 11.1 Å². The topological polar surface area (TPSA) is 103 Å². The van der Waals surface area contributed by atoms with Gasteiger partial charge in [-0.2, -0.15) is 0 Å². The molecule has 0 atom stereocenters. The number of anilines is 2. The van der Waals surface area contributed by atoms with Crippen LogP contribution >= 0.6 is 0 Å². The molecule has 0 saturated carbocycles. The van der Waals surface area contributed by atoms with Crippen LogP contribution in [0.15, 0.2) is 24.5 Å². The van der Waals surface area contributed by atoms with E-state index in [4.69, 9.17) is 9.47 Å². The van der Waals surface area contributed by atoms with Crippen LogP contribution in [0.5, 0.6) is 5.75 Å². The lowest BCUT2D eigenvalue weighted by Crippen LogP contribution is -2.37. The van der Waals surface area contributed by atoms with Crippen LogP contribution < -0.4 is 15.0 Å². The summed E-state index contributed by atoms with van der Waals surface area (Å²) >= 11 is 0. The number of fused-ring (bicyclic) bond motifs is 1. The quantitative estimate of drug-likeness (QED) is 0.638. The summed E-state index contributed by atoms with van der Waals surface area (Å²) in [7, 11) is 0. The summed E-state index contributed by atoms with van der Waals surface area (Å²) in [5.74, 6) is 1.47. The fraction of sp³-hybridized carbons (Fsp3) is 0.412. The molecule has 1 aromatic heterocycles. The van der Waals surface area contributed by atoms with E-state index < -0.39 is 4.92 Å². The third-order valence-corrected chi connectivity index (χ3v) is 4.51. The Morgan fingerprint density at radius 1 is 1.23 bits per heavy atom. The first-order valence-electron chi connectivity index (χ1n) is 8.53. The molecule has 0 bridgehead atoms. The van der Waals surface area contributed by atoms with Gasteiger partial charge in [-0.3, -0.25) is 10.1 Å². The Morgan fingerprint density at radius 3 is 2.88 bits per heavy atom. The van der Waals surface area contributed by atoms with Crippen LogP contribution in [0, 0.1) is 10.1 Å². The average Bonchev–Trinajstić information content (AvgIpc) is 3.14. The van der Waals surface area contributed by atoms with Gasteiger partial charge in [-0.05, 0) is 17.2 Å². The Bertz CT molecular complexity index is 823. The molecule has 1 N–H and O–H groups in total. The summed E-state index contributed by atoms with van der Waals surface area (Å²) in [6.07, 6.45) is 2.24.